The first kappa shape index (κ1) is 14.6. The van der Waals surface area contributed by atoms with Gasteiger partial charge in [-0.15, -0.1) is 12.3 Å². The molecule has 3 atom stereocenters. The molecule has 0 aromatic rings. The number of hydrogen-bond donors (Lipinski definition) is 1. The monoisotopic (exact) mass is 235 g/mol. The van der Waals surface area contributed by atoms with Crippen LogP contribution in [0.15, 0.2) is 0 Å². The van der Waals surface area contributed by atoms with Crippen molar-refractivity contribution in [2.75, 3.05) is 13.6 Å². The average molecular weight is 235 g/mol. The van der Waals surface area contributed by atoms with Gasteiger partial charge in [-0.05, 0) is 57.0 Å². The van der Waals surface area contributed by atoms with Crippen LogP contribution in [-0.4, -0.2) is 13.6 Å². The molecule has 1 fully saturated rings. The lowest BCUT2D eigenvalue weighted by Gasteiger charge is -2.36. The molecule has 98 valence electrons. The average Bonchev–Trinajstić information content (AvgIpc) is 2.33. The van der Waals surface area contributed by atoms with E-state index >= 15 is 0 Å². The van der Waals surface area contributed by atoms with Crippen molar-refractivity contribution < 1.29 is 0 Å². The lowest BCUT2D eigenvalue weighted by Crippen LogP contribution is -2.31. The Hall–Kier alpha value is -0.480. The van der Waals surface area contributed by atoms with Crippen molar-refractivity contribution in [2.24, 2.45) is 17.8 Å². The minimum Gasteiger partial charge on any atom is -0.319 e. The van der Waals surface area contributed by atoms with E-state index in [1.54, 1.807) is 0 Å². The predicted molar refractivity (Wildman–Crippen MR) is 75.8 cm³/mol. The topological polar surface area (TPSA) is 12.0 Å². The van der Waals surface area contributed by atoms with Gasteiger partial charge in [-0.2, -0.15) is 0 Å². The Morgan fingerprint density at radius 2 is 2.06 bits per heavy atom. The summed E-state index contributed by atoms with van der Waals surface area (Å²) in [5, 5.41) is 3.36. The fourth-order valence-electron chi connectivity index (χ4n) is 3.45. The SMILES string of the molecule is C#CCCCC1CC(CCC)CCC1CNC. The van der Waals surface area contributed by atoms with E-state index in [1.807, 2.05) is 0 Å². The Morgan fingerprint density at radius 3 is 2.71 bits per heavy atom. The molecule has 0 radical (unpaired) electrons. The van der Waals surface area contributed by atoms with E-state index in [0.717, 1.165) is 24.2 Å². The summed E-state index contributed by atoms with van der Waals surface area (Å²) in [6.07, 6.45) is 16.0. The molecule has 1 rings (SSSR count). The summed E-state index contributed by atoms with van der Waals surface area (Å²) in [7, 11) is 2.08. The Bertz CT molecular complexity index is 228. The Kier molecular flexibility index (Phi) is 7.37. The van der Waals surface area contributed by atoms with E-state index in [2.05, 4.69) is 25.2 Å². The van der Waals surface area contributed by atoms with Gasteiger partial charge >= 0.3 is 0 Å². The third-order valence-corrected chi connectivity index (χ3v) is 4.31. The second-order valence-corrected chi connectivity index (χ2v) is 5.64. The number of terminal acetylenes is 1. The predicted octanol–water partition coefficient (Wildman–Crippen LogP) is 3.84. The van der Waals surface area contributed by atoms with Gasteiger partial charge in [-0.1, -0.05) is 26.2 Å². The van der Waals surface area contributed by atoms with Crippen LogP contribution in [-0.2, 0) is 0 Å². The van der Waals surface area contributed by atoms with Gasteiger partial charge in [0.05, 0.1) is 0 Å². The highest BCUT2D eigenvalue weighted by Gasteiger charge is 2.28. The highest BCUT2D eigenvalue weighted by Crippen LogP contribution is 2.38. The van der Waals surface area contributed by atoms with Crippen molar-refractivity contribution in [1.82, 2.24) is 5.32 Å². The molecular formula is C16H29N. The van der Waals surface area contributed by atoms with Crippen molar-refractivity contribution in [3.05, 3.63) is 0 Å². The molecule has 0 spiro atoms. The normalized spacial score (nSPS) is 28.9. The number of nitrogens with one attached hydrogen (secondary N) is 1. The lowest BCUT2D eigenvalue weighted by molar-refractivity contribution is 0.160. The van der Waals surface area contributed by atoms with Crippen LogP contribution in [0.1, 0.15) is 58.3 Å². The van der Waals surface area contributed by atoms with Gasteiger partial charge < -0.3 is 5.32 Å². The molecule has 1 heteroatoms. The Balaban J connectivity index is 2.41. The molecule has 0 aromatic carbocycles. The first-order valence-corrected chi connectivity index (χ1v) is 7.39. The summed E-state index contributed by atoms with van der Waals surface area (Å²) in [6.45, 7) is 3.51. The van der Waals surface area contributed by atoms with Crippen LogP contribution in [0, 0.1) is 30.1 Å². The molecule has 17 heavy (non-hydrogen) atoms. The highest BCUT2D eigenvalue weighted by atomic mass is 14.8. The summed E-state index contributed by atoms with van der Waals surface area (Å²) in [5.74, 6) is 5.58. The summed E-state index contributed by atoms with van der Waals surface area (Å²) >= 11 is 0. The van der Waals surface area contributed by atoms with E-state index in [4.69, 9.17) is 6.42 Å². The summed E-state index contributed by atoms with van der Waals surface area (Å²) in [5.41, 5.74) is 0. The van der Waals surface area contributed by atoms with Crippen LogP contribution in [0.2, 0.25) is 0 Å². The van der Waals surface area contributed by atoms with Crippen LogP contribution in [0.3, 0.4) is 0 Å². The van der Waals surface area contributed by atoms with Crippen LogP contribution in [0.4, 0.5) is 0 Å². The fourth-order valence-corrected chi connectivity index (χ4v) is 3.45. The molecule has 1 aliphatic carbocycles. The maximum atomic E-state index is 5.35. The third kappa shape index (κ3) is 5.13. The maximum Gasteiger partial charge on any atom is 0.00861 e. The van der Waals surface area contributed by atoms with Gasteiger partial charge in [0.25, 0.3) is 0 Å². The zero-order valence-electron chi connectivity index (χ0n) is 11.7. The van der Waals surface area contributed by atoms with Gasteiger partial charge in [-0.25, -0.2) is 0 Å². The van der Waals surface area contributed by atoms with Crippen LogP contribution in [0.5, 0.6) is 0 Å². The zero-order valence-corrected chi connectivity index (χ0v) is 11.7. The molecule has 1 saturated carbocycles. The summed E-state index contributed by atoms with van der Waals surface area (Å²) in [6, 6.07) is 0. The molecule has 0 aliphatic heterocycles. The smallest absolute Gasteiger partial charge is 0.00861 e. The molecular weight excluding hydrogens is 206 g/mol. The van der Waals surface area contributed by atoms with E-state index in [1.165, 1.54) is 51.5 Å². The van der Waals surface area contributed by atoms with E-state index in [9.17, 15) is 0 Å². The molecule has 0 amide bonds. The molecule has 1 aliphatic rings. The maximum absolute atomic E-state index is 5.35. The Morgan fingerprint density at radius 1 is 1.24 bits per heavy atom. The fraction of sp³-hybridized carbons (Fsp3) is 0.875. The van der Waals surface area contributed by atoms with Crippen molar-refractivity contribution in [3.8, 4) is 12.3 Å². The van der Waals surface area contributed by atoms with E-state index < -0.39 is 0 Å². The Labute approximate surface area is 108 Å². The van der Waals surface area contributed by atoms with E-state index in [-0.39, 0.29) is 0 Å². The second kappa shape index (κ2) is 8.59. The lowest BCUT2D eigenvalue weighted by atomic mass is 9.71. The highest BCUT2D eigenvalue weighted by molar-refractivity contribution is 4.86. The molecule has 0 aromatic heterocycles. The molecule has 0 heterocycles. The minimum atomic E-state index is 0.894. The molecule has 0 saturated heterocycles. The minimum absolute atomic E-state index is 0.894. The van der Waals surface area contributed by atoms with Crippen LogP contribution in [0.25, 0.3) is 0 Å². The largest absolute Gasteiger partial charge is 0.319 e. The van der Waals surface area contributed by atoms with Crippen LogP contribution >= 0.6 is 0 Å². The third-order valence-electron chi connectivity index (χ3n) is 4.31. The van der Waals surface area contributed by atoms with Gasteiger partial charge in [0.15, 0.2) is 0 Å². The van der Waals surface area contributed by atoms with Gasteiger partial charge in [0.2, 0.25) is 0 Å². The van der Waals surface area contributed by atoms with Crippen molar-refractivity contribution in [2.45, 2.75) is 58.3 Å². The zero-order chi connectivity index (χ0) is 12.5. The quantitative estimate of drug-likeness (QED) is 0.522. The standard InChI is InChI=1S/C16H29N/c1-4-6-7-9-15-12-14(8-5-2)10-11-16(15)13-17-3/h1,14-17H,5-13H2,2-3H3. The van der Waals surface area contributed by atoms with E-state index in [0.29, 0.717) is 0 Å². The van der Waals surface area contributed by atoms with Crippen molar-refractivity contribution in [3.63, 3.8) is 0 Å². The second-order valence-electron chi connectivity index (χ2n) is 5.64. The van der Waals surface area contributed by atoms with Crippen molar-refractivity contribution >= 4 is 0 Å². The van der Waals surface area contributed by atoms with Crippen molar-refractivity contribution in [1.29, 1.82) is 0 Å². The number of unbranched alkanes of at least 4 members (excludes halogenated alkanes) is 1. The molecule has 0 bridgehead atoms. The summed E-state index contributed by atoms with van der Waals surface area (Å²) in [4.78, 5) is 0. The molecule has 1 nitrogen and oxygen atoms in total. The summed E-state index contributed by atoms with van der Waals surface area (Å²) < 4.78 is 0. The number of rotatable bonds is 7. The van der Waals surface area contributed by atoms with Gasteiger partial charge in [-0.3, -0.25) is 0 Å². The first-order chi connectivity index (χ1) is 8.31. The van der Waals surface area contributed by atoms with Crippen LogP contribution < -0.4 is 5.32 Å². The molecule has 3 unspecified atom stereocenters. The number of hydrogen-bond acceptors (Lipinski definition) is 1. The van der Waals surface area contributed by atoms with Gasteiger partial charge in [0, 0.05) is 6.42 Å². The van der Waals surface area contributed by atoms with Gasteiger partial charge in [0.1, 0.15) is 0 Å². The molecule has 1 N–H and O–H groups in total. The first-order valence-electron chi connectivity index (χ1n) is 7.39.